The average molecular weight is 524 g/mol. The number of nitrogens with zero attached hydrogens (tertiary/aromatic N) is 2. The van der Waals surface area contributed by atoms with Crippen LogP contribution in [0.2, 0.25) is 0 Å². The largest absolute Gasteiger partial charge is 0.352 e. The van der Waals surface area contributed by atoms with Crippen molar-refractivity contribution in [2.75, 3.05) is 17.1 Å². The highest BCUT2D eigenvalue weighted by molar-refractivity contribution is 7.92. The molecular weight excluding hydrogens is 486 g/mol. The zero-order chi connectivity index (χ0) is 27.2. The van der Waals surface area contributed by atoms with Gasteiger partial charge in [-0.1, -0.05) is 80.1 Å². The van der Waals surface area contributed by atoms with Crippen LogP contribution in [0.15, 0.2) is 66.7 Å². The molecule has 198 valence electrons. The fourth-order valence-corrected chi connectivity index (χ4v) is 5.13. The van der Waals surface area contributed by atoms with Crippen LogP contribution >= 0.6 is 0 Å². The molecule has 3 rings (SSSR count). The Balaban J connectivity index is 2.01. The topological polar surface area (TPSA) is 86.8 Å². The van der Waals surface area contributed by atoms with Gasteiger partial charge in [-0.3, -0.25) is 13.9 Å². The van der Waals surface area contributed by atoms with E-state index in [9.17, 15) is 18.0 Å². The molecule has 0 fully saturated rings. The summed E-state index contributed by atoms with van der Waals surface area (Å²) in [7, 11) is -3.81. The summed E-state index contributed by atoms with van der Waals surface area (Å²) in [5.41, 5.74) is 2.38. The fourth-order valence-electron chi connectivity index (χ4n) is 4.27. The lowest BCUT2D eigenvalue weighted by atomic mass is 10.1. The molecule has 2 atom stereocenters. The summed E-state index contributed by atoms with van der Waals surface area (Å²) in [6, 6.07) is 19.8. The number of carbonyl (C=O) groups is 2. The SMILES string of the molecule is CC[C@H](C)NC(=O)[C@H](CC)N(Cc1ccc(C)cc1)C(=O)CN(c1cccc2ccccc12)S(C)(=O)=O. The Morgan fingerprint density at radius 1 is 0.919 bits per heavy atom. The lowest BCUT2D eigenvalue weighted by molar-refractivity contribution is -0.140. The first-order valence-corrected chi connectivity index (χ1v) is 14.5. The van der Waals surface area contributed by atoms with E-state index in [1.54, 1.807) is 12.1 Å². The van der Waals surface area contributed by atoms with Crippen molar-refractivity contribution in [2.24, 2.45) is 0 Å². The van der Waals surface area contributed by atoms with Crippen molar-refractivity contribution < 1.29 is 18.0 Å². The second-order valence-corrected chi connectivity index (χ2v) is 11.4. The maximum Gasteiger partial charge on any atom is 0.244 e. The van der Waals surface area contributed by atoms with Crippen molar-refractivity contribution in [3.8, 4) is 0 Å². The van der Waals surface area contributed by atoms with E-state index in [2.05, 4.69) is 5.32 Å². The minimum Gasteiger partial charge on any atom is -0.352 e. The molecule has 37 heavy (non-hydrogen) atoms. The molecule has 7 nitrogen and oxygen atoms in total. The van der Waals surface area contributed by atoms with Crippen LogP contribution in [-0.4, -0.2) is 50.0 Å². The van der Waals surface area contributed by atoms with Crippen LogP contribution < -0.4 is 9.62 Å². The number of carbonyl (C=O) groups excluding carboxylic acids is 2. The minimum atomic E-state index is -3.81. The number of fused-ring (bicyclic) bond motifs is 1. The number of anilines is 1. The Morgan fingerprint density at radius 2 is 1.57 bits per heavy atom. The Morgan fingerprint density at radius 3 is 2.19 bits per heavy atom. The van der Waals surface area contributed by atoms with E-state index in [0.29, 0.717) is 12.1 Å². The first-order chi connectivity index (χ1) is 17.5. The molecule has 3 aromatic carbocycles. The number of hydrogen-bond donors (Lipinski definition) is 1. The van der Waals surface area contributed by atoms with Crippen LogP contribution in [0.1, 0.15) is 44.7 Å². The van der Waals surface area contributed by atoms with Crippen molar-refractivity contribution in [2.45, 2.75) is 59.2 Å². The van der Waals surface area contributed by atoms with Crippen LogP contribution in [0.3, 0.4) is 0 Å². The molecule has 0 saturated carbocycles. The molecule has 1 N–H and O–H groups in total. The van der Waals surface area contributed by atoms with E-state index in [0.717, 1.165) is 38.9 Å². The molecule has 0 aromatic heterocycles. The first kappa shape index (κ1) is 28.2. The van der Waals surface area contributed by atoms with Crippen molar-refractivity contribution in [1.82, 2.24) is 10.2 Å². The second kappa shape index (κ2) is 12.2. The summed E-state index contributed by atoms with van der Waals surface area (Å²) in [5.74, 6) is -0.682. The average Bonchev–Trinajstić information content (AvgIpc) is 2.87. The lowest BCUT2D eigenvalue weighted by Crippen LogP contribution is -2.53. The number of aryl methyl sites for hydroxylation is 1. The van der Waals surface area contributed by atoms with E-state index in [4.69, 9.17) is 0 Å². The summed E-state index contributed by atoms with van der Waals surface area (Å²) in [6.45, 7) is 7.52. The van der Waals surface area contributed by atoms with Gasteiger partial charge in [0.25, 0.3) is 0 Å². The van der Waals surface area contributed by atoms with Gasteiger partial charge < -0.3 is 10.2 Å². The van der Waals surface area contributed by atoms with Crippen molar-refractivity contribution in [1.29, 1.82) is 0 Å². The van der Waals surface area contributed by atoms with E-state index >= 15 is 0 Å². The summed E-state index contributed by atoms with van der Waals surface area (Å²) in [4.78, 5) is 28.6. The van der Waals surface area contributed by atoms with Gasteiger partial charge in [-0.25, -0.2) is 8.42 Å². The quantitative estimate of drug-likeness (QED) is 0.397. The zero-order valence-corrected chi connectivity index (χ0v) is 23.1. The summed E-state index contributed by atoms with van der Waals surface area (Å²) >= 11 is 0. The summed E-state index contributed by atoms with van der Waals surface area (Å²) in [6.07, 6.45) is 2.25. The second-order valence-electron chi connectivity index (χ2n) is 9.52. The molecule has 0 heterocycles. The highest BCUT2D eigenvalue weighted by atomic mass is 32.2. The zero-order valence-electron chi connectivity index (χ0n) is 22.3. The number of sulfonamides is 1. The monoisotopic (exact) mass is 523 g/mol. The van der Waals surface area contributed by atoms with Crippen LogP contribution in [0.25, 0.3) is 10.8 Å². The molecule has 0 radical (unpaired) electrons. The van der Waals surface area contributed by atoms with Gasteiger partial charge in [0.2, 0.25) is 21.8 Å². The standard InChI is InChI=1S/C29H37N3O4S/c1-6-22(4)30-29(34)26(7-2)31(19-23-17-15-21(3)16-18-23)28(33)20-32(37(5,35)36)27-14-10-12-24-11-8-9-13-25(24)27/h8-18,22,26H,6-7,19-20H2,1-5H3,(H,30,34)/t22-,26-/m0/s1. The molecule has 0 spiro atoms. The molecule has 2 amide bonds. The molecule has 0 unspecified atom stereocenters. The van der Waals surface area contributed by atoms with Crippen molar-refractivity contribution in [3.05, 3.63) is 77.9 Å². The molecule has 0 aliphatic carbocycles. The molecule has 0 saturated heterocycles. The highest BCUT2D eigenvalue weighted by Gasteiger charge is 2.32. The van der Waals surface area contributed by atoms with Crippen LogP contribution in [0.4, 0.5) is 5.69 Å². The van der Waals surface area contributed by atoms with E-state index in [1.165, 1.54) is 4.90 Å². The van der Waals surface area contributed by atoms with Gasteiger partial charge in [0, 0.05) is 18.0 Å². The van der Waals surface area contributed by atoms with Crippen molar-refractivity contribution >= 4 is 38.3 Å². The number of rotatable bonds is 11. The molecule has 8 heteroatoms. The van der Waals surface area contributed by atoms with Gasteiger partial charge in [-0.2, -0.15) is 0 Å². The fraction of sp³-hybridized carbons (Fsp3) is 0.379. The minimum absolute atomic E-state index is 0.0407. The maximum atomic E-state index is 13.9. The number of amides is 2. The summed E-state index contributed by atoms with van der Waals surface area (Å²) < 4.78 is 27.1. The molecule has 0 aliphatic rings. The van der Waals surface area contributed by atoms with Gasteiger partial charge in [0.05, 0.1) is 11.9 Å². The third-order valence-corrected chi connectivity index (χ3v) is 7.70. The molecular formula is C29H37N3O4S. The van der Waals surface area contributed by atoms with E-state index in [-0.39, 0.29) is 18.5 Å². The molecule has 0 aliphatic heterocycles. The normalized spacial score (nSPS) is 13.1. The third kappa shape index (κ3) is 7.10. The Hall–Kier alpha value is -3.39. The van der Waals surface area contributed by atoms with Crippen LogP contribution in [0, 0.1) is 6.92 Å². The molecule has 0 bridgehead atoms. The number of benzene rings is 3. The number of hydrogen-bond acceptors (Lipinski definition) is 4. The van der Waals surface area contributed by atoms with Crippen LogP contribution in [0.5, 0.6) is 0 Å². The van der Waals surface area contributed by atoms with Gasteiger partial charge in [-0.15, -0.1) is 0 Å². The van der Waals surface area contributed by atoms with Gasteiger partial charge in [-0.05, 0) is 43.7 Å². The lowest BCUT2D eigenvalue weighted by Gasteiger charge is -2.33. The van der Waals surface area contributed by atoms with Crippen molar-refractivity contribution in [3.63, 3.8) is 0 Å². The van der Waals surface area contributed by atoms with Gasteiger partial charge >= 0.3 is 0 Å². The Labute approximate surface area is 220 Å². The highest BCUT2D eigenvalue weighted by Crippen LogP contribution is 2.29. The number of nitrogens with one attached hydrogen (secondary N) is 1. The van der Waals surface area contributed by atoms with E-state index in [1.807, 2.05) is 82.3 Å². The maximum absolute atomic E-state index is 13.9. The smallest absolute Gasteiger partial charge is 0.244 e. The van der Waals surface area contributed by atoms with Crippen LogP contribution in [-0.2, 0) is 26.2 Å². The molecule has 3 aromatic rings. The predicted octanol–water partition coefficient (Wildman–Crippen LogP) is 4.64. The van der Waals surface area contributed by atoms with Gasteiger partial charge in [0.15, 0.2) is 0 Å². The first-order valence-electron chi connectivity index (χ1n) is 12.7. The predicted molar refractivity (Wildman–Crippen MR) is 150 cm³/mol. The summed E-state index contributed by atoms with van der Waals surface area (Å²) in [5, 5.41) is 4.59. The third-order valence-electron chi connectivity index (χ3n) is 6.57. The Kier molecular flexibility index (Phi) is 9.32. The van der Waals surface area contributed by atoms with E-state index < -0.39 is 28.5 Å². The Bertz CT molecular complexity index is 1330. The van der Waals surface area contributed by atoms with Gasteiger partial charge in [0.1, 0.15) is 12.6 Å².